The summed E-state index contributed by atoms with van der Waals surface area (Å²) in [6.07, 6.45) is 2.85. The normalized spacial score (nSPS) is 11.6. The van der Waals surface area contributed by atoms with E-state index in [2.05, 4.69) is 5.10 Å². The van der Waals surface area contributed by atoms with Gasteiger partial charge in [0.25, 0.3) is 0 Å². The molecule has 0 fully saturated rings. The molecule has 0 spiro atoms. The van der Waals surface area contributed by atoms with Gasteiger partial charge >= 0.3 is 0 Å². The Morgan fingerprint density at radius 2 is 1.95 bits per heavy atom. The van der Waals surface area contributed by atoms with Crippen molar-refractivity contribution in [1.29, 1.82) is 0 Å². The number of rotatable bonds is 8. The molecule has 0 bridgehead atoms. The van der Waals surface area contributed by atoms with Gasteiger partial charge in [-0.25, -0.2) is 0 Å². The number of hydrogen-bond donors (Lipinski definition) is 0. The predicted octanol–water partition coefficient (Wildman–Crippen LogP) is 2.69. The summed E-state index contributed by atoms with van der Waals surface area (Å²) in [5.74, 6) is 0.466. The first-order valence-electron chi connectivity index (χ1n) is 6.88. The molecule has 1 heterocycles. The van der Waals surface area contributed by atoms with Gasteiger partial charge in [0, 0.05) is 13.2 Å². The van der Waals surface area contributed by atoms with Crippen LogP contribution in [0.1, 0.15) is 51.0 Å². The fraction of sp³-hybridized carbons (Fsp3) is 0.714. The maximum absolute atomic E-state index is 12.9. The molecule has 0 amide bonds. The first kappa shape index (κ1) is 15.7. The van der Waals surface area contributed by atoms with Gasteiger partial charge in [-0.05, 0) is 26.7 Å². The van der Waals surface area contributed by atoms with Crippen molar-refractivity contribution >= 4 is 5.78 Å². The zero-order valence-corrected chi connectivity index (χ0v) is 12.5. The van der Waals surface area contributed by atoms with E-state index in [-0.39, 0.29) is 5.78 Å². The summed E-state index contributed by atoms with van der Waals surface area (Å²) in [4.78, 5) is 12.9. The van der Waals surface area contributed by atoms with E-state index in [1.807, 2.05) is 27.7 Å². The maximum atomic E-state index is 12.9. The van der Waals surface area contributed by atoms with Crippen LogP contribution < -0.4 is 4.74 Å². The minimum absolute atomic E-state index is 0.0458. The molecule has 0 atom stereocenters. The molecule has 5 heteroatoms. The van der Waals surface area contributed by atoms with Gasteiger partial charge in [0.2, 0.25) is 5.78 Å². The average Bonchev–Trinajstić information content (AvgIpc) is 2.86. The highest BCUT2D eigenvalue weighted by Crippen LogP contribution is 2.30. The van der Waals surface area contributed by atoms with Crippen LogP contribution in [0.2, 0.25) is 0 Å². The smallest absolute Gasteiger partial charge is 0.216 e. The van der Waals surface area contributed by atoms with Crippen molar-refractivity contribution in [2.75, 3.05) is 13.7 Å². The molecule has 0 unspecified atom stereocenters. The van der Waals surface area contributed by atoms with Crippen LogP contribution in [-0.4, -0.2) is 34.9 Å². The third-order valence-electron chi connectivity index (χ3n) is 3.52. The van der Waals surface area contributed by atoms with E-state index in [1.165, 1.54) is 0 Å². The van der Waals surface area contributed by atoms with Crippen molar-refractivity contribution in [3.63, 3.8) is 0 Å². The summed E-state index contributed by atoms with van der Waals surface area (Å²) in [6, 6.07) is 0. The maximum Gasteiger partial charge on any atom is 0.216 e. The monoisotopic (exact) mass is 268 g/mol. The van der Waals surface area contributed by atoms with Crippen LogP contribution in [0, 0.1) is 0 Å². The first-order valence-corrected chi connectivity index (χ1v) is 6.88. The Morgan fingerprint density at radius 1 is 1.32 bits per heavy atom. The molecule has 108 valence electrons. The highest BCUT2D eigenvalue weighted by atomic mass is 16.5. The largest absolute Gasteiger partial charge is 0.493 e. The summed E-state index contributed by atoms with van der Waals surface area (Å²) in [5, 5.41) is 4.18. The van der Waals surface area contributed by atoms with E-state index >= 15 is 0 Å². The first-order chi connectivity index (χ1) is 9.10. The standard InChI is InChI=1S/C14H24N2O3/c1-6-14(7-2,19-9-4)13(17)12-11(18-5)10-15-16(12)8-3/h10H,6-9H2,1-5H3. The van der Waals surface area contributed by atoms with Crippen molar-refractivity contribution in [3.8, 4) is 5.75 Å². The molecule has 0 aliphatic carbocycles. The zero-order valence-electron chi connectivity index (χ0n) is 12.5. The number of ether oxygens (including phenoxy) is 2. The van der Waals surface area contributed by atoms with Crippen molar-refractivity contribution in [1.82, 2.24) is 9.78 Å². The minimum Gasteiger partial charge on any atom is -0.493 e. The summed E-state index contributed by atoms with van der Waals surface area (Å²) in [5.41, 5.74) is -0.281. The molecule has 5 nitrogen and oxygen atoms in total. The second kappa shape index (κ2) is 6.70. The van der Waals surface area contributed by atoms with E-state index < -0.39 is 5.60 Å². The lowest BCUT2D eigenvalue weighted by Crippen LogP contribution is -2.41. The molecule has 0 saturated carbocycles. The van der Waals surface area contributed by atoms with E-state index in [0.717, 1.165) is 0 Å². The van der Waals surface area contributed by atoms with Crippen LogP contribution in [0.25, 0.3) is 0 Å². The van der Waals surface area contributed by atoms with E-state index in [1.54, 1.807) is 18.0 Å². The Labute approximate surface area is 114 Å². The van der Waals surface area contributed by atoms with Gasteiger partial charge in [-0.1, -0.05) is 13.8 Å². The van der Waals surface area contributed by atoms with E-state index in [4.69, 9.17) is 9.47 Å². The molecule has 0 saturated heterocycles. The van der Waals surface area contributed by atoms with Crippen LogP contribution in [0.5, 0.6) is 5.75 Å². The molecule has 0 aliphatic rings. The highest BCUT2D eigenvalue weighted by Gasteiger charge is 2.39. The van der Waals surface area contributed by atoms with Gasteiger partial charge in [-0.3, -0.25) is 9.48 Å². The van der Waals surface area contributed by atoms with Crippen LogP contribution in [0.3, 0.4) is 0 Å². The molecule has 1 aromatic rings. The lowest BCUT2D eigenvalue weighted by molar-refractivity contribution is -0.0258. The Kier molecular flexibility index (Phi) is 5.54. The molecule has 19 heavy (non-hydrogen) atoms. The van der Waals surface area contributed by atoms with Gasteiger partial charge in [-0.2, -0.15) is 5.10 Å². The Bertz CT molecular complexity index is 401. The fourth-order valence-electron chi connectivity index (χ4n) is 2.32. The lowest BCUT2D eigenvalue weighted by atomic mass is 9.89. The van der Waals surface area contributed by atoms with Gasteiger partial charge in [0.15, 0.2) is 5.75 Å². The van der Waals surface area contributed by atoms with Crippen LogP contribution >= 0.6 is 0 Å². The molecular weight excluding hydrogens is 244 g/mol. The van der Waals surface area contributed by atoms with Crippen molar-refractivity contribution < 1.29 is 14.3 Å². The van der Waals surface area contributed by atoms with Crippen molar-refractivity contribution in [2.24, 2.45) is 0 Å². The van der Waals surface area contributed by atoms with Crippen LogP contribution in [0.4, 0.5) is 0 Å². The number of hydrogen-bond acceptors (Lipinski definition) is 4. The van der Waals surface area contributed by atoms with Crippen LogP contribution in [-0.2, 0) is 11.3 Å². The Morgan fingerprint density at radius 3 is 2.37 bits per heavy atom. The third kappa shape index (κ3) is 2.81. The van der Waals surface area contributed by atoms with Gasteiger partial charge < -0.3 is 9.47 Å². The average molecular weight is 268 g/mol. The third-order valence-corrected chi connectivity index (χ3v) is 3.52. The molecule has 0 aromatic carbocycles. The molecule has 1 aromatic heterocycles. The lowest BCUT2D eigenvalue weighted by Gasteiger charge is -2.30. The topological polar surface area (TPSA) is 53.4 Å². The number of Topliss-reactive ketones (excluding diaryl/α,β-unsaturated/α-hetero) is 1. The number of carbonyl (C=O) groups excluding carboxylic acids is 1. The van der Waals surface area contributed by atoms with Crippen molar-refractivity contribution in [3.05, 3.63) is 11.9 Å². The number of carbonyl (C=O) groups is 1. The van der Waals surface area contributed by atoms with E-state index in [0.29, 0.717) is 37.4 Å². The molecule has 0 radical (unpaired) electrons. The number of ketones is 1. The number of aromatic nitrogens is 2. The zero-order chi connectivity index (χ0) is 14.5. The molecular formula is C14H24N2O3. The molecule has 0 N–H and O–H groups in total. The summed E-state index contributed by atoms with van der Waals surface area (Å²) in [6.45, 7) is 8.92. The molecule has 0 aliphatic heterocycles. The summed E-state index contributed by atoms with van der Waals surface area (Å²) >= 11 is 0. The fourth-order valence-corrected chi connectivity index (χ4v) is 2.32. The second-order valence-corrected chi connectivity index (χ2v) is 4.34. The van der Waals surface area contributed by atoms with Gasteiger partial charge in [0.1, 0.15) is 11.3 Å². The highest BCUT2D eigenvalue weighted by molar-refractivity contribution is 6.03. The van der Waals surface area contributed by atoms with Crippen LogP contribution in [0.15, 0.2) is 6.20 Å². The second-order valence-electron chi connectivity index (χ2n) is 4.34. The summed E-state index contributed by atoms with van der Waals surface area (Å²) in [7, 11) is 1.55. The molecule has 1 rings (SSSR count). The minimum atomic E-state index is -0.783. The quantitative estimate of drug-likeness (QED) is 0.680. The predicted molar refractivity (Wildman–Crippen MR) is 73.7 cm³/mol. The SMILES string of the molecule is CCOC(CC)(CC)C(=O)c1c(OC)cnn1CC. The van der Waals surface area contributed by atoms with Gasteiger partial charge in [-0.15, -0.1) is 0 Å². The van der Waals surface area contributed by atoms with E-state index in [9.17, 15) is 4.79 Å². The number of nitrogens with zero attached hydrogens (tertiary/aromatic N) is 2. The van der Waals surface area contributed by atoms with Crippen molar-refractivity contribution in [2.45, 2.75) is 52.7 Å². The van der Waals surface area contributed by atoms with Gasteiger partial charge in [0.05, 0.1) is 13.3 Å². The Hall–Kier alpha value is -1.36. The number of methoxy groups -OCH3 is 1. The Balaban J connectivity index is 3.26. The summed E-state index contributed by atoms with van der Waals surface area (Å²) < 4.78 is 12.7. The number of aryl methyl sites for hydroxylation is 1.